The Kier molecular flexibility index (Phi) is 6.59. The molecule has 4 aromatic rings. The third kappa shape index (κ3) is 5.08. The van der Waals surface area contributed by atoms with Crippen molar-refractivity contribution >= 4 is 11.8 Å². The molecule has 0 unspecified atom stereocenters. The van der Waals surface area contributed by atoms with Crippen molar-refractivity contribution in [1.29, 1.82) is 0 Å². The van der Waals surface area contributed by atoms with E-state index in [9.17, 15) is 0 Å². The Bertz CT molecular complexity index is 1160. The van der Waals surface area contributed by atoms with Gasteiger partial charge in [0.05, 0.1) is 0 Å². The second kappa shape index (κ2) is 10.1. The molecule has 5 rings (SSSR count). The van der Waals surface area contributed by atoms with Gasteiger partial charge in [-0.1, -0.05) is 98.1 Å². The van der Waals surface area contributed by atoms with Crippen LogP contribution >= 0.6 is 11.8 Å². The molecule has 1 saturated carbocycles. The molecular formula is C28H27N3S. The first-order chi connectivity index (χ1) is 15.8. The molecule has 0 amide bonds. The van der Waals surface area contributed by atoms with E-state index in [1.165, 1.54) is 42.6 Å². The highest BCUT2D eigenvalue weighted by molar-refractivity contribution is 8.00. The average molecular weight is 438 g/mol. The average Bonchev–Trinajstić information content (AvgIpc) is 2.86. The van der Waals surface area contributed by atoms with Crippen molar-refractivity contribution in [3.8, 4) is 22.8 Å². The summed E-state index contributed by atoms with van der Waals surface area (Å²) in [4.78, 5) is 16.0. The van der Waals surface area contributed by atoms with Crippen LogP contribution in [0.2, 0.25) is 0 Å². The smallest absolute Gasteiger partial charge is 0.164 e. The zero-order chi connectivity index (χ0) is 21.6. The second-order valence-electron chi connectivity index (χ2n) is 8.30. The lowest BCUT2D eigenvalue weighted by Crippen LogP contribution is -2.08. The summed E-state index contributed by atoms with van der Waals surface area (Å²) in [6, 6.07) is 29.2. The molecule has 1 aromatic heterocycles. The molecular weight excluding hydrogens is 410 g/mol. The molecule has 0 aliphatic heterocycles. The third-order valence-corrected chi connectivity index (χ3v) is 7.31. The van der Waals surface area contributed by atoms with Gasteiger partial charge < -0.3 is 0 Å². The van der Waals surface area contributed by atoms with Gasteiger partial charge >= 0.3 is 0 Å². The molecule has 0 bridgehead atoms. The van der Waals surface area contributed by atoms with Gasteiger partial charge in [-0.2, -0.15) is 0 Å². The van der Waals surface area contributed by atoms with Gasteiger partial charge in [0, 0.05) is 27.7 Å². The Labute approximate surface area is 194 Å². The Hall–Kier alpha value is -2.98. The molecule has 0 atom stereocenters. The molecule has 4 heteroatoms. The number of rotatable bonds is 6. The van der Waals surface area contributed by atoms with Crippen LogP contribution in [-0.2, 0) is 6.42 Å². The van der Waals surface area contributed by atoms with E-state index < -0.39 is 0 Å². The normalized spacial score (nSPS) is 14.4. The van der Waals surface area contributed by atoms with Crippen LogP contribution in [0.3, 0.4) is 0 Å². The Morgan fingerprint density at radius 2 is 1.31 bits per heavy atom. The summed E-state index contributed by atoms with van der Waals surface area (Å²) in [5.74, 6) is 2.31. The summed E-state index contributed by atoms with van der Waals surface area (Å²) in [7, 11) is 0. The largest absolute Gasteiger partial charge is 0.213 e. The standard InChI is InChI=1S/C28H27N3S/c1-4-12-21(13-5-1)20-26-29-27(22-14-6-2-7-15-22)31-28(30-26)24-18-10-11-19-25(24)32-23-16-8-3-9-17-23/h1-2,4-7,10-15,18-19,23H,3,8-9,16-17,20H2. The summed E-state index contributed by atoms with van der Waals surface area (Å²) >= 11 is 2.00. The molecule has 0 saturated heterocycles. The highest BCUT2D eigenvalue weighted by atomic mass is 32.2. The van der Waals surface area contributed by atoms with Crippen molar-refractivity contribution in [3.63, 3.8) is 0 Å². The first-order valence-electron chi connectivity index (χ1n) is 11.5. The minimum atomic E-state index is 0.684. The van der Waals surface area contributed by atoms with E-state index in [2.05, 4.69) is 60.7 Å². The SMILES string of the molecule is c1ccc(Cc2nc(-c3ccccc3)nc(-c3ccccc3SC3CCCCC3)n2)cc1. The number of aromatic nitrogens is 3. The van der Waals surface area contributed by atoms with E-state index in [-0.39, 0.29) is 0 Å². The minimum Gasteiger partial charge on any atom is -0.213 e. The molecule has 1 aliphatic rings. The van der Waals surface area contributed by atoms with Crippen molar-refractivity contribution in [2.45, 2.75) is 48.7 Å². The number of hydrogen-bond donors (Lipinski definition) is 0. The predicted molar refractivity (Wildman–Crippen MR) is 133 cm³/mol. The monoisotopic (exact) mass is 437 g/mol. The Balaban J connectivity index is 1.55. The van der Waals surface area contributed by atoms with Gasteiger partial charge in [0.15, 0.2) is 11.6 Å². The lowest BCUT2D eigenvalue weighted by molar-refractivity contribution is 0.516. The van der Waals surface area contributed by atoms with Gasteiger partial charge in [0.1, 0.15) is 5.82 Å². The van der Waals surface area contributed by atoms with Crippen molar-refractivity contribution < 1.29 is 0 Å². The molecule has 1 heterocycles. The Morgan fingerprint density at radius 1 is 0.656 bits per heavy atom. The van der Waals surface area contributed by atoms with Crippen LogP contribution in [0.4, 0.5) is 0 Å². The molecule has 0 radical (unpaired) electrons. The van der Waals surface area contributed by atoms with Crippen LogP contribution in [0.1, 0.15) is 43.5 Å². The van der Waals surface area contributed by atoms with Gasteiger partial charge in [-0.25, -0.2) is 15.0 Å². The Morgan fingerprint density at radius 3 is 2.09 bits per heavy atom. The van der Waals surface area contributed by atoms with Gasteiger partial charge in [-0.05, 0) is 24.5 Å². The second-order valence-corrected chi connectivity index (χ2v) is 9.64. The number of thioether (sulfide) groups is 1. The van der Waals surface area contributed by atoms with Crippen LogP contribution in [0, 0.1) is 0 Å². The van der Waals surface area contributed by atoms with Crippen LogP contribution in [0.25, 0.3) is 22.8 Å². The predicted octanol–water partition coefficient (Wildman–Crippen LogP) is 7.22. The topological polar surface area (TPSA) is 38.7 Å². The molecule has 0 spiro atoms. The highest BCUT2D eigenvalue weighted by Crippen LogP contribution is 2.38. The van der Waals surface area contributed by atoms with E-state index in [0.29, 0.717) is 11.7 Å². The summed E-state index contributed by atoms with van der Waals surface area (Å²) in [5.41, 5.74) is 3.33. The molecule has 3 aromatic carbocycles. The lowest BCUT2D eigenvalue weighted by Gasteiger charge is -2.22. The molecule has 1 fully saturated rings. The molecule has 0 N–H and O–H groups in total. The lowest BCUT2D eigenvalue weighted by atomic mass is 10.0. The number of hydrogen-bond acceptors (Lipinski definition) is 4. The maximum atomic E-state index is 4.94. The van der Waals surface area contributed by atoms with E-state index in [1.807, 2.05) is 36.0 Å². The zero-order valence-electron chi connectivity index (χ0n) is 18.2. The van der Waals surface area contributed by atoms with Crippen molar-refractivity contribution in [2.24, 2.45) is 0 Å². The molecule has 1 aliphatic carbocycles. The summed E-state index contributed by atoms with van der Waals surface area (Å²) < 4.78 is 0. The van der Waals surface area contributed by atoms with Gasteiger partial charge in [-0.3, -0.25) is 0 Å². The maximum Gasteiger partial charge on any atom is 0.164 e. The fourth-order valence-electron chi connectivity index (χ4n) is 4.23. The van der Waals surface area contributed by atoms with Crippen LogP contribution in [0.15, 0.2) is 89.8 Å². The van der Waals surface area contributed by atoms with Crippen LogP contribution in [-0.4, -0.2) is 20.2 Å². The van der Waals surface area contributed by atoms with E-state index >= 15 is 0 Å². The maximum absolute atomic E-state index is 4.94. The zero-order valence-corrected chi connectivity index (χ0v) is 19.0. The molecule has 32 heavy (non-hydrogen) atoms. The molecule has 160 valence electrons. The van der Waals surface area contributed by atoms with Crippen molar-refractivity contribution in [1.82, 2.24) is 15.0 Å². The van der Waals surface area contributed by atoms with Gasteiger partial charge in [-0.15, -0.1) is 11.8 Å². The first-order valence-corrected chi connectivity index (χ1v) is 12.3. The molecule has 3 nitrogen and oxygen atoms in total. The number of benzene rings is 3. The van der Waals surface area contributed by atoms with Gasteiger partial charge in [0.25, 0.3) is 0 Å². The van der Waals surface area contributed by atoms with Crippen molar-refractivity contribution in [3.05, 3.63) is 96.3 Å². The fraction of sp³-hybridized carbons (Fsp3) is 0.250. The summed E-state index contributed by atoms with van der Waals surface area (Å²) in [6.45, 7) is 0. The van der Waals surface area contributed by atoms with Crippen LogP contribution in [0.5, 0.6) is 0 Å². The fourth-order valence-corrected chi connectivity index (χ4v) is 5.60. The quantitative estimate of drug-likeness (QED) is 0.319. The van der Waals surface area contributed by atoms with Crippen molar-refractivity contribution in [2.75, 3.05) is 0 Å². The third-order valence-electron chi connectivity index (χ3n) is 5.89. The highest BCUT2D eigenvalue weighted by Gasteiger charge is 2.19. The van der Waals surface area contributed by atoms with E-state index in [1.54, 1.807) is 0 Å². The van der Waals surface area contributed by atoms with Crippen LogP contribution < -0.4 is 0 Å². The van der Waals surface area contributed by atoms with Gasteiger partial charge in [0.2, 0.25) is 0 Å². The summed E-state index contributed by atoms with van der Waals surface area (Å²) in [5, 5.41) is 0.684. The van der Waals surface area contributed by atoms with E-state index in [0.717, 1.165) is 28.6 Å². The van der Waals surface area contributed by atoms with E-state index in [4.69, 9.17) is 15.0 Å². The summed E-state index contributed by atoms with van der Waals surface area (Å²) in [6.07, 6.45) is 7.33. The number of nitrogens with zero attached hydrogens (tertiary/aromatic N) is 3. The first kappa shape index (κ1) is 20.9. The minimum absolute atomic E-state index is 0.684.